The third-order valence-corrected chi connectivity index (χ3v) is 4.74. The molecule has 2 heterocycles. The number of aromatic nitrogens is 4. The zero-order valence-electron chi connectivity index (χ0n) is 13.4. The normalized spacial score (nSPS) is 13.7. The fourth-order valence-electron chi connectivity index (χ4n) is 2.95. The van der Waals surface area contributed by atoms with Crippen LogP contribution in [-0.4, -0.2) is 19.7 Å². The van der Waals surface area contributed by atoms with E-state index < -0.39 is 11.9 Å². The summed E-state index contributed by atoms with van der Waals surface area (Å²) < 4.78 is 39.8. The van der Waals surface area contributed by atoms with Crippen LogP contribution in [0, 0.1) is 0 Å². The first-order chi connectivity index (χ1) is 12.4. The SMILES string of the molecule is FC(F)(F)c1ccn(-c2nc(Nc3ccc4c(c3)CCC4)ncc2Br)n1. The minimum Gasteiger partial charge on any atom is -0.324 e. The molecule has 0 atom stereocenters. The molecule has 1 aromatic carbocycles. The van der Waals surface area contributed by atoms with Crippen molar-refractivity contribution in [3.05, 3.63) is 58.0 Å². The highest BCUT2D eigenvalue weighted by molar-refractivity contribution is 9.10. The molecule has 0 unspecified atom stereocenters. The number of nitrogens with zero attached hydrogens (tertiary/aromatic N) is 4. The molecular weight excluding hydrogens is 411 g/mol. The molecule has 0 bridgehead atoms. The molecule has 0 saturated heterocycles. The second-order valence-corrected chi connectivity index (χ2v) is 6.82. The van der Waals surface area contributed by atoms with E-state index in [1.807, 2.05) is 6.07 Å². The third kappa shape index (κ3) is 3.31. The molecule has 0 saturated carbocycles. The standard InChI is InChI=1S/C17H13BrF3N5/c18-13-9-22-16(23-12-5-4-10-2-1-3-11(10)8-12)24-15(13)26-7-6-14(25-26)17(19,20)21/h4-9H,1-3H2,(H,22,23,24). The van der Waals surface area contributed by atoms with Gasteiger partial charge in [-0.2, -0.15) is 23.3 Å². The van der Waals surface area contributed by atoms with Crippen LogP contribution in [0.4, 0.5) is 24.8 Å². The summed E-state index contributed by atoms with van der Waals surface area (Å²) in [7, 11) is 0. The fourth-order valence-corrected chi connectivity index (χ4v) is 3.32. The third-order valence-electron chi connectivity index (χ3n) is 4.18. The first-order valence-electron chi connectivity index (χ1n) is 7.95. The van der Waals surface area contributed by atoms with E-state index >= 15 is 0 Å². The number of anilines is 2. The van der Waals surface area contributed by atoms with Crippen molar-refractivity contribution >= 4 is 27.6 Å². The number of fused-ring (bicyclic) bond motifs is 1. The van der Waals surface area contributed by atoms with Gasteiger partial charge in [0.15, 0.2) is 11.5 Å². The number of rotatable bonds is 3. The maximum absolute atomic E-state index is 12.8. The minimum atomic E-state index is -4.50. The van der Waals surface area contributed by atoms with E-state index in [4.69, 9.17) is 0 Å². The molecule has 5 nitrogen and oxygen atoms in total. The smallest absolute Gasteiger partial charge is 0.324 e. The highest BCUT2D eigenvalue weighted by atomic mass is 79.9. The highest BCUT2D eigenvalue weighted by Gasteiger charge is 2.33. The van der Waals surface area contributed by atoms with E-state index in [1.54, 1.807) is 0 Å². The Morgan fingerprint density at radius 1 is 1.12 bits per heavy atom. The molecule has 1 aliphatic rings. The van der Waals surface area contributed by atoms with Crippen LogP contribution < -0.4 is 5.32 Å². The number of halogens is 4. The van der Waals surface area contributed by atoms with Crippen molar-refractivity contribution in [3.8, 4) is 5.82 Å². The van der Waals surface area contributed by atoms with E-state index in [9.17, 15) is 13.2 Å². The lowest BCUT2D eigenvalue weighted by atomic mass is 10.1. The molecule has 0 amide bonds. The Labute approximate surface area is 155 Å². The van der Waals surface area contributed by atoms with Crippen molar-refractivity contribution in [1.82, 2.24) is 19.7 Å². The quantitative estimate of drug-likeness (QED) is 0.664. The van der Waals surface area contributed by atoms with Crippen LogP contribution >= 0.6 is 15.9 Å². The first-order valence-corrected chi connectivity index (χ1v) is 8.74. The average molecular weight is 424 g/mol. The van der Waals surface area contributed by atoms with E-state index in [0.717, 1.165) is 35.7 Å². The van der Waals surface area contributed by atoms with Gasteiger partial charge in [0.05, 0.1) is 4.47 Å². The lowest BCUT2D eigenvalue weighted by molar-refractivity contribution is -0.141. The Kier molecular flexibility index (Phi) is 4.18. The number of hydrogen-bond acceptors (Lipinski definition) is 4. The zero-order chi connectivity index (χ0) is 18.3. The van der Waals surface area contributed by atoms with Gasteiger partial charge in [0.25, 0.3) is 0 Å². The first kappa shape index (κ1) is 17.0. The Morgan fingerprint density at radius 2 is 1.92 bits per heavy atom. The Balaban J connectivity index is 1.63. The van der Waals surface area contributed by atoms with Gasteiger partial charge in [-0.3, -0.25) is 0 Å². The molecule has 4 rings (SSSR count). The maximum Gasteiger partial charge on any atom is 0.435 e. The molecule has 0 fully saturated rings. The monoisotopic (exact) mass is 423 g/mol. The van der Waals surface area contributed by atoms with Crippen LogP contribution in [-0.2, 0) is 19.0 Å². The van der Waals surface area contributed by atoms with Crippen molar-refractivity contribution in [2.24, 2.45) is 0 Å². The van der Waals surface area contributed by atoms with Crippen LogP contribution in [0.15, 0.2) is 41.1 Å². The van der Waals surface area contributed by atoms with Crippen LogP contribution in [0.25, 0.3) is 5.82 Å². The number of aryl methyl sites for hydroxylation is 2. The van der Waals surface area contributed by atoms with Gasteiger partial charge in [0, 0.05) is 18.1 Å². The maximum atomic E-state index is 12.8. The minimum absolute atomic E-state index is 0.221. The van der Waals surface area contributed by atoms with E-state index in [1.165, 1.54) is 23.5 Å². The van der Waals surface area contributed by atoms with Crippen molar-refractivity contribution in [2.75, 3.05) is 5.32 Å². The molecule has 3 aromatic rings. The second kappa shape index (κ2) is 6.39. The molecule has 134 valence electrons. The van der Waals surface area contributed by atoms with Gasteiger partial charge >= 0.3 is 6.18 Å². The summed E-state index contributed by atoms with van der Waals surface area (Å²) in [5, 5.41) is 6.65. The highest BCUT2D eigenvalue weighted by Crippen LogP contribution is 2.29. The van der Waals surface area contributed by atoms with Crippen molar-refractivity contribution < 1.29 is 13.2 Å². The molecule has 1 N–H and O–H groups in total. The lowest BCUT2D eigenvalue weighted by Gasteiger charge is -2.10. The molecule has 26 heavy (non-hydrogen) atoms. The molecular formula is C17H13BrF3N5. The summed E-state index contributed by atoms with van der Waals surface area (Å²) in [4.78, 5) is 8.47. The van der Waals surface area contributed by atoms with Crippen molar-refractivity contribution in [3.63, 3.8) is 0 Å². The van der Waals surface area contributed by atoms with Gasteiger partial charge in [0.1, 0.15) is 0 Å². The summed E-state index contributed by atoms with van der Waals surface area (Å²) in [6.45, 7) is 0. The Hall–Kier alpha value is -2.42. The molecule has 2 aromatic heterocycles. The van der Waals surface area contributed by atoms with Crippen LogP contribution in [0.2, 0.25) is 0 Å². The Morgan fingerprint density at radius 3 is 2.69 bits per heavy atom. The largest absolute Gasteiger partial charge is 0.435 e. The van der Waals surface area contributed by atoms with Crippen molar-refractivity contribution in [1.29, 1.82) is 0 Å². The second-order valence-electron chi connectivity index (χ2n) is 5.97. The van der Waals surface area contributed by atoms with Crippen LogP contribution in [0.3, 0.4) is 0 Å². The molecule has 9 heteroatoms. The lowest BCUT2D eigenvalue weighted by Crippen LogP contribution is -2.09. The van der Waals surface area contributed by atoms with Crippen molar-refractivity contribution in [2.45, 2.75) is 25.4 Å². The van der Waals surface area contributed by atoms with Crippen LogP contribution in [0.5, 0.6) is 0 Å². The summed E-state index contributed by atoms with van der Waals surface area (Å²) in [5.74, 6) is 0.504. The topological polar surface area (TPSA) is 55.6 Å². The molecule has 0 aliphatic heterocycles. The molecule has 1 aliphatic carbocycles. The van der Waals surface area contributed by atoms with Crippen LogP contribution in [0.1, 0.15) is 23.2 Å². The summed E-state index contributed by atoms with van der Waals surface area (Å²) >= 11 is 3.26. The predicted molar refractivity (Wildman–Crippen MR) is 93.6 cm³/mol. The van der Waals surface area contributed by atoms with Gasteiger partial charge < -0.3 is 5.32 Å². The number of benzene rings is 1. The van der Waals surface area contributed by atoms with Gasteiger partial charge in [-0.1, -0.05) is 6.07 Å². The van der Waals surface area contributed by atoms with E-state index in [-0.39, 0.29) is 11.8 Å². The molecule has 0 spiro atoms. The predicted octanol–water partition coefficient (Wildman–Crippen LogP) is 4.68. The number of nitrogens with one attached hydrogen (secondary N) is 1. The van der Waals surface area contributed by atoms with Gasteiger partial charge in [0.2, 0.25) is 5.95 Å². The van der Waals surface area contributed by atoms with Gasteiger partial charge in [-0.25, -0.2) is 9.67 Å². The summed E-state index contributed by atoms with van der Waals surface area (Å²) in [5.41, 5.74) is 2.52. The van der Waals surface area contributed by atoms with E-state index in [2.05, 4.69) is 48.4 Å². The zero-order valence-corrected chi connectivity index (χ0v) is 15.0. The van der Waals surface area contributed by atoms with E-state index in [0.29, 0.717) is 4.47 Å². The summed E-state index contributed by atoms with van der Waals surface area (Å²) in [6.07, 6.45) is 1.48. The molecule has 0 radical (unpaired) electrons. The summed E-state index contributed by atoms with van der Waals surface area (Å²) in [6, 6.07) is 6.99. The fraction of sp³-hybridized carbons (Fsp3) is 0.235. The number of hydrogen-bond donors (Lipinski definition) is 1. The van der Waals surface area contributed by atoms with Gasteiger partial charge in [-0.15, -0.1) is 0 Å². The van der Waals surface area contributed by atoms with Gasteiger partial charge in [-0.05, 0) is 64.5 Å². The average Bonchev–Trinajstić information content (AvgIpc) is 3.24. The number of alkyl halides is 3. The Bertz CT molecular complexity index is 967.